The lowest BCUT2D eigenvalue weighted by atomic mass is 9.96. The lowest BCUT2D eigenvalue weighted by molar-refractivity contribution is 0.139. The first-order chi connectivity index (χ1) is 8.55. The fourth-order valence-electron chi connectivity index (χ4n) is 2.25. The standard InChI is InChI=1S/C12H18N2O3S/c1-10-5-6-11(9-15)8-14(10)18(16,17)12-4-2-3-7-13-12/h2-4,7,10-11,15H,5-6,8-9H2,1H3. The van der Waals surface area contributed by atoms with Crippen LogP contribution in [0.25, 0.3) is 0 Å². The van der Waals surface area contributed by atoms with E-state index in [4.69, 9.17) is 0 Å². The summed E-state index contributed by atoms with van der Waals surface area (Å²) in [5.74, 6) is 0.0275. The van der Waals surface area contributed by atoms with Gasteiger partial charge in [-0.3, -0.25) is 0 Å². The summed E-state index contributed by atoms with van der Waals surface area (Å²) in [5.41, 5.74) is 0. The van der Waals surface area contributed by atoms with E-state index in [0.29, 0.717) is 6.54 Å². The molecule has 0 bridgehead atoms. The number of hydrogen-bond donors (Lipinski definition) is 1. The molecule has 2 heterocycles. The van der Waals surface area contributed by atoms with E-state index in [0.717, 1.165) is 12.8 Å². The molecule has 1 N–H and O–H groups in total. The van der Waals surface area contributed by atoms with E-state index in [2.05, 4.69) is 4.98 Å². The fraction of sp³-hybridized carbons (Fsp3) is 0.583. The van der Waals surface area contributed by atoms with E-state index in [9.17, 15) is 13.5 Å². The van der Waals surface area contributed by atoms with Crippen LogP contribution in [0.4, 0.5) is 0 Å². The number of hydrogen-bond acceptors (Lipinski definition) is 4. The molecule has 1 aromatic rings. The summed E-state index contributed by atoms with van der Waals surface area (Å²) in [6.45, 7) is 2.30. The Balaban J connectivity index is 2.29. The van der Waals surface area contributed by atoms with Crippen molar-refractivity contribution in [2.24, 2.45) is 5.92 Å². The van der Waals surface area contributed by atoms with Gasteiger partial charge in [0.15, 0.2) is 5.03 Å². The van der Waals surface area contributed by atoms with Crippen molar-refractivity contribution in [3.8, 4) is 0 Å². The number of pyridine rings is 1. The van der Waals surface area contributed by atoms with Gasteiger partial charge >= 0.3 is 0 Å². The van der Waals surface area contributed by atoms with Gasteiger partial charge < -0.3 is 5.11 Å². The van der Waals surface area contributed by atoms with Crippen LogP contribution in [0.1, 0.15) is 19.8 Å². The summed E-state index contributed by atoms with van der Waals surface area (Å²) in [5, 5.41) is 9.27. The van der Waals surface area contributed by atoms with Gasteiger partial charge in [-0.05, 0) is 37.8 Å². The second-order valence-corrected chi connectivity index (χ2v) is 6.56. The number of piperidine rings is 1. The van der Waals surface area contributed by atoms with E-state index in [1.165, 1.54) is 16.6 Å². The lowest BCUT2D eigenvalue weighted by Gasteiger charge is -2.35. The van der Waals surface area contributed by atoms with Crippen molar-refractivity contribution in [3.05, 3.63) is 24.4 Å². The molecule has 0 aliphatic carbocycles. The van der Waals surface area contributed by atoms with Gasteiger partial charge in [0.1, 0.15) is 0 Å². The molecule has 6 heteroatoms. The molecule has 0 saturated carbocycles. The minimum absolute atomic E-state index is 0.0275. The number of rotatable bonds is 3. The molecule has 1 aromatic heterocycles. The molecule has 1 fully saturated rings. The van der Waals surface area contributed by atoms with E-state index in [1.807, 2.05) is 6.92 Å². The highest BCUT2D eigenvalue weighted by Gasteiger charge is 2.35. The Morgan fingerprint density at radius 3 is 2.83 bits per heavy atom. The molecule has 0 spiro atoms. The predicted octanol–water partition coefficient (Wildman–Crippen LogP) is 0.863. The van der Waals surface area contributed by atoms with Crippen molar-refractivity contribution in [2.75, 3.05) is 13.2 Å². The zero-order valence-electron chi connectivity index (χ0n) is 10.4. The summed E-state index contributed by atoms with van der Waals surface area (Å²) in [6.07, 6.45) is 3.12. The number of aliphatic hydroxyl groups is 1. The first-order valence-corrected chi connectivity index (χ1v) is 7.53. The number of aliphatic hydroxyl groups excluding tert-OH is 1. The van der Waals surface area contributed by atoms with Crippen LogP contribution in [0.15, 0.2) is 29.4 Å². The third kappa shape index (κ3) is 2.55. The first kappa shape index (κ1) is 13.5. The Labute approximate surface area is 108 Å². The summed E-state index contributed by atoms with van der Waals surface area (Å²) < 4.78 is 26.3. The molecule has 0 radical (unpaired) electrons. The van der Waals surface area contributed by atoms with Crippen LogP contribution < -0.4 is 0 Å². The molecular weight excluding hydrogens is 252 g/mol. The molecule has 0 amide bonds. The third-order valence-electron chi connectivity index (χ3n) is 3.39. The predicted molar refractivity (Wildman–Crippen MR) is 67.4 cm³/mol. The van der Waals surface area contributed by atoms with Crippen LogP contribution in [0.5, 0.6) is 0 Å². The van der Waals surface area contributed by atoms with Gasteiger partial charge in [-0.2, -0.15) is 4.31 Å². The van der Waals surface area contributed by atoms with Gasteiger partial charge in [-0.25, -0.2) is 13.4 Å². The van der Waals surface area contributed by atoms with Gasteiger partial charge in [-0.1, -0.05) is 6.07 Å². The highest BCUT2D eigenvalue weighted by atomic mass is 32.2. The molecule has 2 unspecified atom stereocenters. The van der Waals surface area contributed by atoms with Crippen molar-refractivity contribution in [1.82, 2.24) is 9.29 Å². The second kappa shape index (κ2) is 5.34. The van der Waals surface area contributed by atoms with Crippen LogP contribution in [-0.2, 0) is 10.0 Å². The average Bonchev–Trinajstić information content (AvgIpc) is 2.40. The van der Waals surface area contributed by atoms with E-state index in [-0.39, 0.29) is 23.6 Å². The Bertz CT molecular complexity index is 489. The van der Waals surface area contributed by atoms with Gasteiger partial charge in [0.25, 0.3) is 10.0 Å². The summed E-state index contributed by atoms with van der Waals surface area (Å²) in [4.78, 5) is 3.92. The smallest absolute Gasteiger partial charge is 0.260 e. The number of aromatic nitrogens is 1. The van der Waals surface area contributed by atoms with Crippen LogP contribution in [-0.4, -0.2) is 42.0 Å². The van der Waals surface area contributed by atoms with Crippen LogP contribution in [0.2, 0.25) is 0 Å². The highest BCUT2D eigenvalue weighted by Crippen LogP contribution is 2.26. The minimum Gasteiger partial charge on any atom is -0.396 e. The maximum atomic E-state index is 12.4. The van der Waals surface area contributed by atoms with Crippen molar-refractivity contribution in [2.45, 2.75) is 30.8 Å². The van der Waals surface area contributed by atoms with E-state index < -0.39 is 10.0 Å². The molecule has 1 saturated heterocycles. The van der Waals surface area contributed by atoms with Gasteiger partial charge in [-0.15, -0.1) is 0 Å². The van der Waals surface area contributed by atoms with Gasteiger partial charge in [0.05, 0.1) is 0 Å². The van der Waals surface area contributed by atoms with Gasteiger partial charge in [0.2, 0.25) is 0 Å². The SMILES string of the molecule is CC1CCC(CO)CN1S(=O)(=O)c1ccccn1. The number of nitrogens with zero attached hydrogens (tertiary/aromatic N) is 2. The third-order valence-corrected chi connectivity index (χ3v) is 5.29. The Kier molecular flexibility index (Phi) is 3.99. The van der Waals surface area contributed by atoms with Crippen molar-refractivity contribution in [1.29, 1.82) is 0 Å². The molecular formula is C12H18N2O3S. The van der Waals surface area contributed by atoms with E-state index in [1.54, 1.807) is 12.1 Å². The normalized spacial score (nSPS) is 26.1. The Morgan fingerprint density at radius 2 is 2.22 bits per heavy atom. The topological polar surface area (TPSA) is 70.5 Å². The summed E-state index contributed by atoms with van der Waals surface area (Å²) in [7, 11) is -3.54. The van der Waals surface area contributed by atoms with Gasteiger partial charge in [0, 0.05) is 25.4 Å². The van der Waals surface area contributed by atoms with E-state index >= 15 is 0 Å². The largest absolute Gasteiger partial charge is 0.396 e. The number of sulfonamides is 1. The molecule has 2 atom stereocenters. The van der Waals surface area contributed by atoms with Crippen molar-refractivity contribution in [3.63, 3.8) is 0 Å². The molecule has 5 nitrogen and oxygen atoms in total. The minimum atomic E-state index is -3.54. The van der Waals surface area contributed by atoms with Crippen LogP contribution >= 0.6 is 0 Å². The Hall–Kier alpha value is -0.980. The first-order valence-electron chi connectivity index (χ1n) is 6.09. The molecule has 0 aromatic carbocycles. The zero-order valence-corrected chi connectivity index (χ0v) is 11.2. The Morgan fingerprint density at radius 1 is 1.44 bits per heavy atom. The van der Waals surface area contributed by atoms with Crippen molar-refractivity contribution >= 4 is 10.0 Å². The average molecular weight is 270 g/mol. The molecule has 100 valence electrons. The fourth-order valence-corrected chi connectivity index (χ4v) is 3.92. The van der Waals surface area contributed by atoms with Crippen LogP contribution in [0, 0.1) is 5.92 Å². The maximum Gasteiger partial charge on any atom is 0.260 e. The summed E-state index contributed by atoms with van der Waals surface area (Å²) in [6, 6.07) is 4.82. The quantitative estimate of drug-likeness (QED) is 0.884. The lowest BCUT2D eigenvalue weighted by Crippen LogP contribution is -2.46. The maximum absolute atomic E-state index is 12.4. The highest BCUT2D eigenvalue weighted by molar-refractivity contribution is 7.89. The summed E-state index contributed by atoms with van der Waals surface area (Å²) >= 11 is 0. The molecule has 2 rings (SSSR count). The zero-order chi connectivity index (χ0) is 13.2. The monoisotopic (exact) mass is 270 g/mol. The second-order valence-electron chi connectivity index (χ2n) is 4.72. The molecule has 1 aliphatic heterocycles. The van der Waals surface area contributed by atoms with Crippen molar-refractivity contribution < 1.29 is 13.5 Å². The molecule has 1 aliphatic rings. The molecule has 18 heavy (non-hydrogen) atoms. The van der Waals surface area contributed by atoms with Crippen LogP contribution in [0.3, 0.4) is 0 Å².